The lowest BCUT2D eigenvalue weighted by molar-refractivity contribution is -0.127. The summed E-state index contributed by atoms with van der Waals surface area (Å²) in [5, 5.41) is 24.3. The van der Waals surface area contributed by atoms with Gasteiger partial charge in [-0.15, -0.1) is 0 Å². The number of sulfone groups is 2. The van der Waals surface area contributed by atoms with Gasteiger partial charge >= 0.3 is 0 Å². The van der Waals surface area contributed by atoms with Gasteiger partial charge in [0, 0.05) is 33.7 Å². The van der Waals surface area contributed by atoms with E-state index < -0.39 is 53.1 Å². The molecule has 4 saturated carbocycles. The lowest BCUT2D eigenvalue weighted by atomic mass is 9.95. The number of hydrogen-bond acceptors (Lipinski definition) is 10. The van der Waals surface area contributed by atoms with Crippen molar-refractivity contribution in [3.63, 3.8) is 0 Å². The molecule has 336 valence electrons. The molecule has 4 fully saturated rings. The molecule has 2 amide bonds. The standard InChI is InChI=1S/2C23H22Cl2N2O4S/c2*24-16-5-7-17(8-6-16)31-13-15-11-18(32(29,30)21-4-2-1-3-20(21)25)12-19(15)22(28)27-23(14-26)9-10-23/h2*1-8,15,18-19H,9-13H2,(H,27,28)/t15-,18+,19+;15-,18-,19+/m00/s1. The lowest BCUT2D eigenvalue weighted by Gasteiger charge is -2.21. The molecule has 12 nitrogen and oxygen atoms in total. The first-order chi connectivity index (χ1) is 30.5. The summed E-state index contributed by atoms with van der Waals surface area (Å²) in [6.07, 6.45) is 3.25. The number of amides is 2. The van der Waals surface area contributed by atoms with Crippen molar-refractivity contribution in [1.29, 1.82) is 10.5 Å². The van der Waals surface area contributed by atoms with E-state index in [1.165, 1.54) is 12.1 Å². The minimum atomic E-state index is -3.74. The highest BCUT2D eigenvalue weighted by Crippen LogP contribution is 2.44. The van der Waals surface area contributed by atoms with Gasteiger partial charge in [-0.25, -0.2) is 16.8 Å². The van der Waals surface area contributed by atoms with Crippen molar-refractivity contribution in [2.75, 3.05) is 13.2 Å². The Morgan fingerprint density at radius 2 is 0.906 bits per heavy atom. The number of hydrogen-bond donors (Lipinski definition) is 2. The highest BCUT2D eigenvalue weighted by Gasteiger charge is 2.52. The van der Waals surface area contributed by atoms with E-state index in [0.29, 0.717) is 47.2 Å². The molecule has 0 aromatic heterocycles. The van der Waals surface area contributed by atoms with Crippen LogP contribution in [0.1, 0.15) is 51.4 Å². The van der Waals surface area contributed by atoms with Crippen molar-refractivity contribution in [1.82, 2.24) is 10.6 Å². The predicted molar refractivity (Wildman–Crippen MR) is 243 cm³/mol. The lowest BCUT2D eigenvalue weighted by Crippen LogP contribution is -2.41. The molecule has 64 heavy (non-hydrogen) atoms. The monoisotopic (exact) mass is 984 g/mol. The van der Waals surface area contributed by atoms with E-state index in [0.717, 1.165) is 0 Å². The highest BCUT2D eigenvalue weighted by atomic mass is 35.5. The Kier molecular flexibility index (Phi) is 14.5. The number of carbonyl (C=O) groups is 2. The van der Waals surface area contributed by atoms with Crippen LogP contribution in [0.5, 0.6) is 11.5 Å². The van der Waals surface area contributed by atoms with Crippen molar-refractivity contribution in [2.45, 2.75) is 82.7 Å². The first kappa shape index (κ1) is 47.4. The average Bonchev–Trinajstić information content (AvgIpc) is 4.13. The molecule has 0 saturated heterocycles. The average molecular weight is 987 g/mol. The summed E-state index contributed by atoms with van der Waals surface area (Å²) >= 11 is 24.1. The summed E-state index contributed by atoms with van der Waals surface area (Å²) in [6, 6.07) is 30.6. The van der Waals surface area contributed by atoms with Crippen LogP contribution in [0.4, 0.5) is 0 Å². The first-order valence-corrected chi connectivity index (χ1v) is 25.3. The Morgan fingerprint density at radius 3 is 1.22 bits per heavy atom. The predicted octanol–water partition coefficient (Wildman–Crippen LogP) is 8.83. The molecule has 0 unspecified atom stereocenters. The fraction of sp³-hybridized carbons (Fsp3) is 0.391. The maximum Gasteiger partial charge on any atom is 0.224 e. The summed E-state index contributed by atoms with van der Waals surface area (Å²) < 4.78 is 65.0. The van der Waals surface area contributed by atoms with Crippen LogP contribution in [0, 0.1) is 46.3 Å². The van der Waals surface area contributed by atoms with Crippen LogP contribution in [0.25, 0.3) is 0 Å². The van der Waals surface area contributed by atoms with Crippen LogP contribution >= 0.6 is 46.4 Å². The quantitative estimate of drug-likeness (QED) is 0.123. The number of rotatable bonds is 14. The third-order valence-electron chi connectivity index (χ3n) is 12.3. The smallest absolute Gasteiger partial charge is 0.224 e. The molecule has 4 aromatic rings. The molecule has 0 heterocycles. The molecule has 0 aliphatic heterocycles. The molecule has 0 bridgehead atoms. The third kappa shape index (κ3) is 10.9. The second-order valence-electron chi connectivity index (χ2n) is 16.8. The summed E-state index contributed by atoms with van der Waals surface area (Å²) in [5.41, 5.74) is -1.64. The second kappa shape index (κ2) is 19.5. The summed E-state index contributed by atoms with van der Waals surface area (Å²) in [6.45, 7) is 0.349. The van der Waals surface area contributed by atoms with Gasteiger partial charge in [-0.05, 0) is 124 Å². The normalized spacial score (nSPS) is 23.8. The Morgan fingerprint density at radius 1 is 0.562 bits per heavy atom. The number of carbonyl (C=O) groups excluding carboxylic acids is 2. The highest BCUT2D eigenvalue weighted by molar-refractivity contribution is 7.92. The topological polar surface area (TPSA) is 193 Å². The number of nitriles is 2. The molecule has 18 heteroatoms. The van der Waals surface area contributed by atoms with Gasteiger partial charge in [0.1, 0.15) is 22.6 Å². The fourth-order valence-corrected chi connectivity index (χ4v) is 13.3. The van der Waals surface area contributed by atoms with Gasteiger partial charge in [-0.1, -0.05) is 70.7 Å². The molecule has 0 spiro atoms. The van der Waals surface area contributed by atoms with E-state index in [-0.39, 0.29) is 82.4 Å². The molecule has 2 N–H and O–H groups in total. The number of nitrogens with one attached hydrogen (secondary N) is 2. The van der Waals surface area contributed by atoms with Crippen LogP contribution in [-0.2, 0) is 29.3 Å². The van der Waals surface area contributed by atoms with Crippen LogP contribution in [0.15, 0.2) is 107 Å². The number of ether oxygens (including phenoxy) is 2. The summed E-state index contributed by atoms with van der Waals surface area (Å²) in [7, 11) is -7.48. The van der Waals surface area contributed by atoms with E-state index >= 15 is 0 Å². The zero-order chi connectivity index (χ0) is 45.9. The molecule has 4 aliphatic rings. The second-order valence-corrected chi connectivity index (χ2v) is 22.8. The van der Waals surface area contributed by atoms with Gasteiger partial charge in [0.15, 0.2) is 19.7 Å². The summed E-state index contributed by atoms with van der Waals surface area (Å²) in [5.74, 6) is -1.27. The molecule has 4 aliphatic carbocycles. The number of nitrogens with zero attached hydrogens (tertiary/aromatic N) is 2. The number of benzene rings is 4. The van der Waals surface area contributed by atoms with Crippen LogP contribution < -0.4 is 20.1 Å². The molecule has 6 atom stereocenters. The van der Waals surface area contributed by atoms with Gasteiger partial charge < -0.3 is 20.1 Å². The first-order valence-electron chi connectivity index (χ1n) is 20.7. The van der Waals surface area contributed by atoms with Crippen molar-refractivity contribution in [2.24, 2.45) is 23.7 Å². The zero-order valence-electron chi connectivity index (χ0n) is 34.3. The van der Waals surface area contributed by atoms with E-state index in [1.807, 2.05) is 0 Å². The molecule has 8 rings (SSSR count). The third-order valence-corrected chi connectivity index (χ3v) is 18.2. The SMILES string of the molecule is N#CC1(NC(=O)[C@@H]2C[C@@H](S(=O)(=O)c3ccccc3Cl)C[C@H]2COc2ccc(Cl)cc2)CC1.N#CC1(NC(=O)[C@@H]2C[C@H](S(=O)(=O)c3ccccc3Cl)C[C@H]2COc2ccc(Cl)cc2)CC1. The van der Waals surface area contributed by atoms with Crippen LogP contribution in [-0.4, -0.2) is 63.4 Å². The van der Waals surface area contributed by atoms with Gasteiger partial charge in [-0.2, -0.15) is 10.5 Å². The van der Waals surface area contributed by atoms with Crippen LogP contribution in [0.2, 0.25) is 20.1 Å². The maximum atomic E-state index is 13.3. The Hall–Kier alpha value is -4.54. The van der Waals surface area contributed by atoms with E-state index in [9.17, 15) is 36.9 Å². The fourth-order valence-electron chi connectivity index (χ4n) is 8.28. The summed E-state index contributed by atoms with van der Waals surface area (Å²) in [4.78, 5) is 26.2. The van der Waals surface area contributed by atoms with Gasteiger partial charge in [0.25, 0.3) is 0 Å². The van der Waals surface area contributed by atoms with E-state index in [4.69, 9.17) is 55.9 Å². The molecule has 4 aromatic carbocycles. The Bertz CT molecular complexity index is 2500. The van der Waals surface area contributed by atoms with Gasteiger partial charge in [0.05, 0.1) is 55.7 Å². The van der Waals surface area contributed by atoms with Crippen molar-refractivity contribution >= 4 is 77.9 Å². The zero-order valence-corrected chi connectivity index (χ0v) is 38.9. The van der Waals surface area contributed by atoms with Crippen molar-refractivity contribution in [3.8, 4) is 23.6 Å². The minimum absolute atomic E-state index is 0.0702. The molecule has 0 radical (unpaired) electrons. The van der Waals surface area contributed by atoms with Crippen molar-refractivity contribution < 1.29 is 35.9 Å². The molecular formula is C46H44Cl4N4O8S2. The van der Waals surface area contributed by atoms with Gasteiger partial charge in [-0.3, -0.25) is 9.59 Å². The number of halogens is 4. The van der Waals surface area contributed by atoms with Crippen molar-refractivity contribution in [3.05, 3.63) is 117 Å². The minimum Gasteiger partial charge on any atom is -0.493 e. The van der Waals surface area contributed by atoms with E-state index in [2.05, 4.69) is 22.8 Å². The van der Waals surface area contributed by atoms with E-state index in [1.54, 1.807) is 84.9 Å². The van der Waals surface area contributed by atoms with Gasteiger partial charge in [0.2, 0.25) is 11.8 Å². The van der Waals surface area contributed by atoms with Crippen LogP contribution in [0.3, 0.4) is 0 Å². The maximum absolute atomic E-state index is 13.3. The Balaban J connectivity index is 0.000000191. The largest absolute Gasteiger partial charge is 0.493 e. The molecular weight excluding hydrogens is 942 g/mol. The Labute approximate surface area is 393 Å².